The molecule has 0 amide bonds. The summed E-state index contributed by atoms with van der Waals surface area (Å²) in [4.78, 5) is 9.57. The normalized spacial score (nSPS) is 22.4. The van der Waals surface area contributed by atoms with Crippen molar-refractivity contribution in [3.8, 4) is 0 Å². The molecular formula is C16H24ClN3. The monoisotopic (exact) mass is 293 g/mol. The fraction of sp³-hybridized carbons (Fsp3) is 0.688. The molecule has 3 heterocycles. The number of pyridine rings is 1. The quantitative estimate of drug-likeness (QED) is 0.850. The van der Waals surface area contributed by atoms with Gasteiger partial charge in [0.15, 0.2) is 0 Å². The zero-order valence-corrected chi connectivity index (χ0v) is 12.9. The lowest BCUT2D eigenvalue weighted by Gasteiger charge is -2.33. The molecule has 0 bridgehead atoms. The molecule has 0 aliphatic carbocycles. The number of rotatable bonds is 4. The van der Waals surface area contributed by atoms with E-state index in [9.17, 15) is 0 Å². The molecule has 3 rings (SSSR count). The van der Waals surface area contributed by atoms with Gasteiger partial charge in [0, 0.05) is 24.3 Å². The van der Waals surface area contributed by atoms with E-state index in [-0.39, 0.29) is 0 Å². The highest BCUT2D eigenvalue weighted by Gasteiger charge is 2.22. The van der Waals surface area contributed by atoms with Gasteiger partial charge in [-0.25, -0.2) is 0 Å². The second-order valence-corrected chi connectivity index (χ2v) is 6.63. The number of aromatic nitrogens is 1. The first-order valence-electron chi connectivity index (χ1n) is 7.85. The molecule has 0 spiro atoms. The fourth-order valence-corrected chi connectivity index (χ4v) is 3.60. The molecule has 0 saturated carbocycles. The first-order chi connectivity index (χ1) is 9.79. The van der Waals surface area contributed by atoms with Crippen molar-refractivity contribution >= 4 is 11.6 Å². The lowest BCUT2D eigenvalue weighted by atomic mass is 9.96. The number of hydrogen-bond acceptors (Lipinski definition) is 3. The number of piperidine rings is 1. The van der Waals surface area contributed by atoms with Gasteiger partial charge in [-0.05, 0) is 69.9 Å². The molecule has 2 aliphatic heterocycles. The lowest BCUT2D eigenvalue weighted by Crippen LogP contribution is -2.37. The minimum atomic E-state index is 0.791. The van der Waals surface area contributed by atoms with Gasteiger partial charge < -0.3 is 4.90 Å². The van der Waals surface area contributed by atoms with E-state index in [0.29, 0.717) is 0 Å². The Balaban J connectivity index is 1.43. The minimum Gasteiger partial charge on any atom is -0.303 e. The lowest BCUT2D eigenvalue weighted by molar-refractivity contribution is 0.147. The van der Waals surface area contributed by atoms with Gasteiger partial charge in [-0.3, -0.25) is 9.88 Å². The summed E-state index contributed by atoms with van der Waals surface area (Å²) in [6, 6.07) is 3.82. The van der Waals surface area contributed by atoms with Crippen molar-refractivity contribution < 1.29 is 0 Å². The SMILES string of the molecule is Clc1ccnc(CN2CCC(CN3CCCC3)CC2)c1. The van der Waals surface area contributed by atoms with E-state index in [2.05, 4.69) is 14.8 Å². The maximum absolute atomic E-state index is 6.02. The van der Waals surface area contributed by atoms with Crippen molar-refractivity contribution in [2.75, 3.05) is 32.7 Å². The van der Waals surface area contributed by atoms with Crippen molar-refractivity contribution in [3.05, 3.63) is 29.0 Å². The second kappa shape index (κ2) is 6.88. The highest BCUT2D eigenvalue weighted by atomic mass is 35.5. The topological polar surface area (TPSA) is 19.4 Å². The van der Waals surface area contributed by atoms with Gasteiger partial charge in [0.2, 0.25) is 0 Å². The van der Waals surface area contributed by atoms with Crippen LogP contribution in [0, 0.1) is 5.92 Å². The second-order valence-electron chi connectivity index (χ2n) is 6.19. The maximum atomic E-state index is 6.02. The molecule has 1 aromatic heterocycles. The molecule has 0 aromatic carbocycles. The zero-order valence-electron chi connectivity index (χ0n) is 12.1. The Hall–Kier alpha value is -0.640. The van der Waals surface area contributed by atoms with E-state index in [1.54, 1.807) is 6.20 Å². The van der Waals surface area contributed by atoms with Gasteiger partial charge in [-0.15, -0.1) is 0 Å². The first-order valence-corrected chi connectivity index (χ1v) is 8.22. The number of nitrogens with zero attached hydrogens (tertiary/aromatic N) is 3. The Morgan fingerprint density at radius 3 is 2.55 bits per heavy atom. The van der Waals surface area contributed by atoms with E-state index in [0.717, 1.165) is 23.2 Å². The summed E-state index contributed by atoms with van der Waals surface area (Å²) in [7, 11) is 0. The van der Waals surface area contributed by atoms with Crippen molar-refractivity contribution in [2.45, 2.75) is 32.2 Å². The number of halogens is 1. The average molecular weight is 294 g/mol. The van der Waals surface area contributed by atoms with Gasteiger partial charge in [-0.2, -0.15) is 0 Å². The molecule has 110 valence electrons. The van der Waals surface area contributed by atoms with E-state index >= 15 is 0 Å². The smallest absolute Gasteiger partial charge is 0.0558 e. The van der Waals surface area contributed by atoms with Crippen LogP contribution in [-0.2, 0) is 6.54 Å². The Labute approximate surface area is 126 Å². The zero-order chi connectivity index (χ0) is 13.8. The van der Waals surface area contributed by atoms with Crippen LogP contribution in [0.4, 0.5) is 0 Å². The van der Waals surface area contributed by atoms with Crippen LogP contribution >= 0.6 is 11.6 Å². The summed E-state index contributed by atoms with van der Waals surface area (Å²) >= 11 is 6.02. The largest absolute Gasteiger partial charge is 0.303 e. The molecule has 2 aliphatic rings. The van der Waals surface area contributed by atoms with Crippen LogP contribution in [0.1, 0.15) is 31.4 Å². The number of hydrogen-bond donors (Lipinski definition) is 0. The van der Waals surface area contributed by atoms with Crippen molar-refractivity contribution in [1.29, 1.82) is 0 Å². The van der Waals surface area contributed by atoms with Crippen LogP contribution in [0.5, 0.6) is 0 Å². The molecule has 20 heavy (non-hydrogen) atoms. The van der Waals surface area contributed by atoms with Crippen LogP contribution in [-0.4, -0.2) is 47.5 Å². The van der Waals surface area contributed by atoms with Crippen molar-refractivity contribution in [3.63, 3.8) is 0 Å². The van der Waals surface area contributed by atoms with E-state index in [4.69, 9.17) is 11.6 Å². The predicted molar refractivity (Wildman–Crippen MR) is 82.9 cm³/mol. The van der Waals surface area contributed by atoms with E-state index < -0.39 is 0 Å². The molecule has 0 radical (unpaired) electrons. The molecule has 0 N–H and O–H groups in total. The van der Waals surface area contributed by atoms with Gasteiger partial charge in [0.1, 0.15) is 0 Å². The highest BCUT2D eigenvalue weighted by molar-refractivity contribution is 6.30. The van der Waals surface area contributed by atoms with Crippen LogP contribution < -0.4 is 0 Å². The summed E-state index contributed by atoms with van der Waals surface area (Å²) in [5.74, 6) is 0.900. The molecular weight excluding hydrogens is 270 g/mol. The average Bonchev–Trinajstić information content (AvgIpc) is 2.94. The standard InChI is InChI=1S/C16H24ClN3/c17-15-3-6-18-16(11-15)13-20-9-4-14(5-10-20)12-19-7-1-2-8-19/h3,6,11,14H,1-2,4-5,7-10,12-13H2. The van der Waals surface area contributed by atoms with Gasteiger partial charge in [-0.1, -0.05) is 11.6 Å². The Bertz CT molecular complexity index is 423. The third-order valence-electron chi connectivity index (χ3n) is 4.59. The molecule has 2 saturated heterocycles. The first kappa shape index (κ1) is 14.3. The number of likely N-dealkylation sites (tertiary alicyclic amines) is 2. The summed E-state index contributed by atoms with van der Waals surface area (Å²) in [5.41, 5.74) is 1.09. The van der Waals surface area contributed by atoms with Crippen molar-refractivity contribution in [2.24, 2.45) is 5.92 Å². The molecule has 0 atom stereocenters. The fourth-order valence-electron chi connectivity index (χ4n) is 3.42. The van der Waals surface area contributed by atoms with Crippen molar-refractivity contribution in [1.82, 2.24) is 14.8 Å². The van der Waals surface area contributed by atoms with Crippen LogP contribution in [0.25, 0.3) is 0 Å². The van der Waals surface area contributed by atoms with E-state index in [1.807, 2.05) is 12.1 Å². The molecule has 3 nitrogen and oxygen atoms in total. The maximum Gasteiger partial charge on any atom is 0.0558 e. The highest BCUT2D eigenvalue weighted by Crippen LogP contribution is 2.22. The van der Waals surface area contributed by atoms with Gasteiger partial charge in [0.05, 0.1) is 5.69 Å². The molecule has 0 unspecified atom stereocenters. The predicted octanol–water partition coefficient (Wildman–Crippen LogP) is 3.04. The van der Waals surface area contributed by atoms with Crippen LogP contribution in [0.3, 0.4) is 0 Å². The summed E-state index contributed by atoms with van der Waals surface area (Å²) in [5, 5.41) is 0.791. The molecule has 4 heteroatoms. The Morgan fingerprint density at radius 2 is 1.85 bits per heavy atom. The Morgan fingerprint density at radius 1 is 1.10 bits per heavy atom. The summed E-state index contributed by atoms with van der Waals surface area (Å²) in [6.45, 7) is 7.32. The van der Waals surface area contributed by atoms with Gasteiger partial charge >= 0.3 is 0 Å². The Kier molecular flexibility index (Phi) is 4.92. The van der Waals surface area contributed by atoms with Gasteiger partial charge in [0.25, 0.3) is 0 Å². The third kappa shape index (κ3) is 3.94. The molecule has 2 fully saturated rings. The minimum absolute atomic E-state index is 0.791. The summed E-state index contributed by atoms with van der Waals surface area (Å²) < 4.78 is 0. The van der Waals surface area contributed by atoms with Crippen LogP contribution in [0.15, 0.2) is 18.3 Å². The van der Waals surface area contributed by atoms with E-state index in [1.165, 1.54) is 58.4 Å². The van der Waals surface area contributed by atoms with Crippen LogP contribution in [0.2, 0.25) is 5.02 Å². The molecule has 1 aromatic rings. The summed E-state index contributed by atoms with van der Waals surface area (Å²) in [6.07, 6.45) is 7.27. The third-order valence-corrected chi connectivity index (χ3v) is 4.82.